The number of amidine groups is 1. The number of benzene rings is 1. The number of carbonyl (C=O) groups excluding carboxylic acids is 1. The first kappa shape index (κ1) is 12.6. The van der Waals surface area contributed by atoms with Crippen LogP contribution < -0.4 is 0 Å². The van der Waals surface area contributed by atoms with Crippen LogP contribution in [0.25, 0.3) is 0 Å². The van der Waals surface area contributed by atoms with Crippen LogP contribution in [0.5, 0.6) is 0 Å². The maximum atomic E-state index is 11.8. The first-order valence-electron chi connectivity index (χ1n) is 5.18. The molecule has 1 heterocycles. The Bertz CT molecular complexity index is 622. The van der Waals surface area contributed by atoms with Crippen molar-refractivity contribution in [2.45, 2.75) is 4.90 Å². The van der Waals surface area contributed by atoms with E-state index in [1.165, 1.54) is 18.1 Å². The Balaban J connectivity index is 2.39. The number of esters is 1. The average Bonchev–Trinajstić information content (AvgIpc) is 2.62. The molecule has 1 aromatic rings. The number of fused-ring (bicyclic) bond motifs is 1. The van der Waals surface area contributed by atoms with Crippen LogP contribution in [0.3, 0.4) is 0 Å². The third kappa shape index (κ3) is 2.08. The van der Waals surface area contributed by atoms with Crippen LogP contribution in [-0.4, -0.2) is 45.8 Å². The molecule has 0 N–H and O–H groups in total. The van der Waals surface area contributed by atoms with E-state index in [-0.39, 0.29) is 17.3 Å². The molecule has 0 bridgehead atoms. The highest BCUT2D eigenvalue weighted by Crippen LogP contribution is 2.26. The Morgan fingerprint density at radius 3 is 2.72 bits per heavy atom. The topological polar surface area (TPSA) is 76.0 Å². The summed E-state index contributed by atoms with van der Waals surface area (Å²) < 4.78 is 31.8. The second-order valence-corrected chi connectivity index (χ2v) is 5.39. The van der Waals surface area contributed by atoms with Gasteiger partial charge in [-0.25, -0.2) is 0 Å². The maximum absolute atomic E-state index is 11.8. The average molecular weight is 268 g/mol. The second kappa shape index (κ2) is 4.41. The Labute approximate surface area is 105 Å². The molecule has 1 aliphatic heterocycles. The van der Waals surface area contributed by atoms with Gasteiger partial charge in [-0.2, -0.15) is 8.42 Å². The summed E-state index contributed by atoms with van der Waals surface area (Å²) in [6, 6.07) is 6.51. The highest BCUT2D eigenvalue weighted by atomic mass is 32.2. The minimum Gasteiger partial charge on any atom is -0.468 e. The molecule has 0 fully saturated rings. The molecule has 1 aliphatic rings. The molecule has 2 rings (SSSR count). The van der Waals surface area contributed by atoms with Crippen molar-refractivity contribution in [3.05, 3.63) is 29.8 Å². The number of carbonyl (C=O) groups is 1. The summed E-state index contributed by atoms with van der Waals surface area (Å²) in [6.07, 6.45) is 0. The molecule has 96 valence electrons. The zero-order valence-electron chi connectivity index (χ0n) is 9.95. The lowest BCUT2D eigenvalue weighted by Gasteiger charge is -2.17. The summed E-state index contributed by atoms with van der Waals surface area (Å²) in [4.78, 5) is 12.8. The van der Waals surface area contributed by atoms with Gasteiger partial charge in [0.2, 0.25) is 0 Å². The highest BCUT2D eigenvalue weighted by Gasteiger charge is 2.30. The number of nitrogens with zero attached hydrogens (tertiary/aromatic N) is 2. The molecule has 6 nitrogen and oxygen atoms in total. The predicted molar refractivity (Wildman–Crippen MR) is 64.8 cm³/mol. The van der Waals surface area contributed by atoms with Gasteiger partial charge in [0.15, 0.2) is 5.84 Å². The molecule has 0 saturated carbocycles. The van der Waals surface area contributed by atoms with E-state index >= 15 is 0 Å². The number of methoxy groups -OCH3 is 1. The maximum Gasteiger partial charge on any atom is 0.325 e. The highest BCUT2D eigenvalue weighted by molar-refractivity contribution is 7.90. The van der Waals surface area contributed by atoms with Gasteiger partial charge in [0.25, 0.3) is 10.0 Å². The van der Waals surface area contributed by atoms with E-state index in [0.29, 0.717) is 5.56 Å². The number of likely N-dealkylation sites (N-methyl/N-ethyl adjacent to an activating group) is 1. The van der Waals surface area contributed by atoms with Crippen LogP contribution in [0.15, 0.2) is 33.6 Å². The minimum atomic E-state index is -3.65. The van der Waals surface area contributed by atoms with Crippen molar-refractivity contribution in [1.82, 2.24) is 4.90 Å². The molecule has 0 radical (unpaired) electrons. The van der Waals surface area contributed by atoms with Gasteiger partial charge in [0.05, 0.1) is 7.11 Å². The Morgan fingerprint density at radius 1 is 1.39 bits per heavy atom. The van der Waals surface area contributed by atoms with E-state index in [9.17, 15) is 13.2 Å². The first-order chi connectivity index (χ1) is 8.45. The largest absolute Gasteiger partial charge is 0.468 e. The molecule has 0 atom stereocenters. The summed E-state index contributed by atoms with van der Waals surface area (Å²) >= 11 is 0. The van der Waals surface area contributed by atoms with Crippen LogP contribution >= 0.6 is 0 Å². The molecule has 0 aromatic heterocycles. The summed E-state index contributed by atoms with van der Waals surface area (Å²) in [7, 11) is -0.782. The molecular weight excluding hydrogens is 256 g/mol. The number of hydrogen-bond donors (Lipinski definition) is 0. The fraction of sp³-hybridized carbons (Fsp3) is 0.273. The van der Waals surface area contributed by atoms with Gasteiger partial charge in [0, 0.05) is 12.6 Å². The molecule has 0 spiro atoms. The number of ether oxygens (including phenoxy) is 1. The van der Waals surface area contributed by atoms with E-state index in [2.05, 4.69) is 9.13 Å². The van der Waals surface area contributed by atoms with E-state index < -0.39 is 16.0 Å². The standard InChI is InChI=1S/C11H12N2O4S/c1-13(7-10(14)17-2)11-8-5-3-4-6-9(8)18(15,16)12-11/h3-6H,7H2,1-2H3. The van der Waals surface area contributed by atoms with Crippen molar-refractivity contribution in [3.63, 3.8) is 0 Å². The van der Waals surface area contributed by atoms with Crippen LogP contribution in [0.4, 0.5) is 0 Å². The lowest BCUT2D eigenvalue weighted by Crippen LogP contribution is -2.32. The van der Waals surface area contributed by atoms with E-state index in [1.54, 1.807) is 25.2 Å². The smallest absolute Gasteiger partial charge is 0.325 e. The Kier molecular flexibility index (Phi) is 3.08. The fourth-order valence-electron chi connectivity index (χ4n) is 1.70. The number of sulfonamides is 1. The van der Waals surface area contributed by atoms with Gasteiger partial charge in [-0.3, -0.25) is 4.79 Å². The van der Waals surface area contributed by atoms with Crippen molar-refractivity contribution in [2.75, 3.05) is 20.7 Å². The van der Waals surface area contributed by atoms with E-state index in [0.717, 1.165) is 0 Å². The first-order valence-corrected chi connectivity index (χ1v) is 6.62. The molecule has 18 heavy (non-hydrogen) atoms. The summed E-state index contributed by atoms with van der Waals surface area (Å²) in [5.41, 5.74) is 0.504. The van der Waals surface area contributed by atoms with Gasteiger partial charge >= 0.3 is 5.97 Å². The third-order valence-electron chi connectivity index (χ3n) is 2.57. The van der Waals surface area contributed by atoms with Crippen LogP contribution in [0, 0.1) is 0 Å². The zero-order chi connectivity index (χ0) is 13.3. The second-order valence-electron chi connectivity index (χ2n) is 3.82. The van der Waals surface area contributed by atoms with Crippen molar-refractivity contribution in [2.24, 2.45) is 4.40 Å². The molecular formula is C11H12N2O4S. The molecule has 0 saturated heterocycles. The van der Waals surface area contributed by atoms with Gasteiger partial charge < -0.3 is 9.64 Å². The fourth-order valence-corrected chi connectivity index (χ4v) is 2.95. The van der Waals surface area contributed by atoms with Gasteiger partial charge in [-0.05, 0) is 12.1 Å². The molecule has 0 amide bonds. The van der Waals surface area contributed by atoms with Gasteiger partial charge in [-0.1, -0.05) is 12.1 Å². The van der Waals surface area contributed by atoms with E-state index in [4.69, 9.17) is 0 Å². The van der Waals surface area contributed by atoms with Crippen molar-refractivity contribution >= 4 is 21.8 Å². The Morgan fingerprint density at radius 2 is 2.06 bits per heavy atom. The predicted octanol–water partition coefficient (Wildman–Crippen LogP) is 0.240. The monoisotopic (exact) mass is 268 g/mol. The SMILES string of the molecule is COC(=O)CN(C)C1=NS(=O)(=O)c2ccccc21. The lowest BCUT2D eigenvalue weighted by atomic mass is 10.2. The zero-order valence-corrected chi connectivity index (χ0v) is 10.8. The van der Waals surface area contributed by atoms with Crippen molar-refractivity contribution in [1.29, 1.82) is 0 Å². The summed E-state index contributed by atoms with van der Waals surface area (Å²) in [6.45, 7) is -0.0564. The minimum absolute atomic E-state index is 0.0564. The molecule has 0 unspecified atom stereocenters. The van der Waals surface area contributed by atoms with Gasteiger partial charge in [0.1, 0.15) is 11.4 Å². The number of rotatable bonds is 2. The van der Waals surface area contributed by atoms with Crippen LogP contribution in [0.1, 0.15) is 5.56 Å². The molecule has 0 aliphatic carbocycles. The molecule has 7 heteroatoms. The van der Waals surface area contributed by atoms with Crippen molar-refractivity contribution < 1.29 is 17.9 Å². The third-order valence-corrected chi connectivity index (χ3v) is 3.89. The van der Waals surface area contributed by atoms with Gasteiger partial charge in [-0.15, -0.1) is 4.40 Å². The summed E-state index contributed by atoms with van der Waals surface area (Å²) in [5.74, 6) is -0.196. The van der Waals surface area contributed by atoms with E-state index in [1.807, 2.05) is 0 Å². The Hall–Kier alpha value is -1.89. The van der Waals surface area contributed by atoms with Crippen LogP contribution in [0.2, 0.25) is 0 Å². The lowest BCUT2D eigenvalue weighted by molar-refractivity contribution is -0.140. The normalized spacial score (nSPS) is 15.8. The quantitative estimate of drug-likeness (QED) is 0.718. The molecule has 1 aromatic carbocycles. The summed E-state index contributed by atoms with van der Waals surface area (Å²) in [5, 5.41) is 0. The number of hydrogen-bond acceptors (Lipinski definition) is 5. The van der Waals surface area contributed by atoms with Crippen LogP contribution in [-0.2, 0) is 19.6 Å². The van der Waals surface area contributed by atoms with Crippen molar-refractivity contribution in [3.8, 4) is 0 Å².